The third-order valence-electron chi connectivity index (χ3n) is 2.42. The summed E-state index contributed by atoms with van der Waals surface area (Å²) in [6, 6.07) is -0.0429. The van der Waals surface area contributed by atoms with E-state index in [0.717, 1.165) is 12.2 Å². The number of aliphatic hydroxyl groups is 1. The maximum absolute atomic E-state index is 11.5. The van der Waals surface area contributed by atoms with Gasteiger partial charge in [-0.1, -0.05) is 0 Å². The van der Waals surface area contributed by atoms with Crippen molar-refractivity contribution in [3.05, 3.63) is 0 Å². The average molecular weight is 238 g/mol. The minimum Gasteiger partial charge on any atom is -0.394 e. The molecule has 0 saturated carbocycles. The van der Waals surface area contributed by atoms with Crippen molar-refractivity contribution in [2.45, 2.75) is 24.3 Å². The van der Waals surface area contributed by atoms with Gasteiger partial charge in [-0.05, 0) is 18.4 Å². The fraction of sp³-hybridized carbons (Fsp3) is 0.889. The second-order valence-corrected chi connectivity index (χ2v) is 5.07. The molecule has 1 rings (SSSR count). The van der Waals surface area contributed by atoms with E-state index in [4.69, 9.17) is 11.6 Å². The van der Waals surface area contributed by atoms with E-state index in [0.29, 0.717) is 13.0 Å². The van der Waals surface area contributed by atoms with Crippen LogP contribution in [-0.4, -0.2) is 52.5 Å². The van der Waals surface area contributed by atoms with Crippen molar-refractivity contribution >= 4 is 29.3 Å². The molecule has 3 nitrogen and oxygen atoms in total. The van der Waals surface area contributed by atoms with E-state index in [1.807, 2.05) is 6.26 Å². The molecule has 1 N–H and O–H groups in total. The summed E-state index contributed by atoms with van der Waals surface area (Å²) in [6.07, 6.45) is 3.27. The summed E-state index contributed by atoms with van der Waals surface area (Å²) < 4.78 is 0. The van der Waals surface area contributed by atoms with Crippen molar-refractivity contribution in [3.8, 4) is 0 Å². The Hall–Kier alpha value is 0.0700. The van der Waals surface area contributed by atoms with Gasteiger partial charge in [0, 0.05) is 13.0 Å². The van der Waals surface area contributed by atoms with Gasteiger partial charge in [0.1, 0.15) is 0 Å². The van der Waals surface area contributed by atoms with E-state index >= 15 is 0 Å². The highest BCUT2D eigenvalue weighted by Crippen LogP contribution is 2.20. The third-order valence-corrected chi connectivity index (χ3v) is 3.35. The summed E-state index contributed by atoms with van der Waals surface area (Å²) >= 11 is 7.61. The van der Waals surface area contributed by atoms with Gasteiger partial charge < -0.3 is 10.0 Å². The van der Waals surface area contributed by atoms with Crippen LogP contribution in [0.4, 0.5) is 0 Å². The lowest BCUT2D eigenvalue weighted by Gasteiger charge is -2.25. The molecule has 2 atom stereocenters. The lowest BCUT2D eigenvalue weighted by atomic mass is 10.2. The Morgan fingerprint density at radius 2 is 2.50 bits per heavy atom. The third kappa shape index (κ3) is 3.04. The summed E-state index contributed by atoms with van der Waals surface area (Å²) in [5.41, 5.74) is 0. The Bertz CT molecular complexity index is 203. The molecule has 0 radical (unpaired) electrons. The number of hydrogen-bond donors (Lipinski definition) is 1. The van der Waals surface area contributed by atoms with Crippen LogP contribution in [0.3, 0.4) is 0 Å². The molecule has 1 aliphatic heterocycles. The van der Waals surface area contributed by atoms with Gasteiger partial charge in [-0.2, -0.15) is 11.8 Å². The Morgan fingerprint density at radius 1 is 1.79 bits per heavy atom. The van der Waals surface area contributed by atoms with Crippen LogP contribution < -0.4 is 0 Å². The Kier molecular flexibility index (Phi) is 5.06. The predicted octanol–water partition coefficient (Wildman–Crippen LogP) is 0.940. The zero-order chi connectivity index (χ0) is 10.6. The summed E-state index contributed by atoms with van der Waals surface area (Å²) in [6.45, 7) is 0.621. The molecule has 0 spiro atoms. The van der Waals surface area contributed by atoms with Crippen LogP contribution >= 0.6 is 23.4 Å². The first-order chi connectivity index (χ1) is 6.69. The maximum atomic E-state index is 11.5. The van der Waals surface area contributed by atoms with Gasteiger partial charge in [0.05, 0.1) is 18.0 Å². The maximum Gasteiger partial charge on any atom is 0.224 e. The van der Waals surface area contributed by atoms with Crippen molar-refractivity contribution in [1.82, 2.24) is 4.90 Å². The minimum atomic E-state index is -0.0779. The van der Waals surface area contributed by atoms with Gasteiger partial charge in [-0.15, -0.1) is 11.6 Å². The molecule has 1 fully saturated rings. The number of nitrogens with zero attached hydrogens (tertiary/aromatic N) is 1. The molecule has 0 aliphatic carbocycles. The Labute approximate surface area is 93.8 Å². The molecular weight excluding hydrogens is 222 g/mol. The molecule has 1 unspecified atom stereocenters. The number of halogens is 1. The normalized spacial score (nSPS) is 24.4. The van der Waals surface area contributed by atoms with Gasteiger partial charge in [-0.25, -0.2) is 0 Å². The van der Waals surface area contributed by atoms with Crippen LogP contribution in [-0.2, 0) is 4.79 Å². The number of alkyl halides is 1. The van der Waals surface area contributed by atoms with Gasteiger partial charge in [0.2, 0.25) is 5.91 Å². The van der Waals surface area contributed by atoms with Crippen molar-refractivity contribution in [3.63, 3.8) is 0 Å². The van der Waals surface area contributed by atoms with Crippen LogP contribution in [0.25, 0.3) is 0 Å². The first-order valence-corrected chi connectivity index (χ1v) is 6.55. The molecule has 1 amide bonds. The summed E-state index contributed by atoms with van der Waals surface area (Å²) in [5, 5.41) is 9.09. The molecule has 0 bridgehead atoms. The summed E-state index contributed by atoms with van der Waals surface area (Å²) in [4.78, 5) is 13.2. The van der Waals surface area contributed by atoms with Crippen molar-refractivity contribution in [1.29, 1.82) is 0 Å². The molecular formula is C9H16ClNO2S. The Balaban J connectivity index is 2.47. The molecule has 1 heterocycles. The second-order valence-electron chi connectivity index (χ2n) is 3.47. The van der Waals surface area contributed by atoms with E-state index in [9.17, 15) is 9.90 Å². The number of carbonyl (C=O) groups is 1. The molecule has 14 heavy (non-hydrogen) atoms. The number of thioether (sulfide) groups is 1. The fourth-order valence-corrected chi connectivity index (χ4v) is 2.43. The van der Waals surface area contributed by atoms with E-state index in [1.165, 1.54) is 0 Å². The fourth-order valence-electron chi connectivity index (χ4n) is 1.64. The zero-order valence-corrected chi connectivity index (χ0v) is 9.85. The van der Waals surface area contributed by atoms with Gasteiger partial charge in [0.25, 0.3) is 0 Å². The molecule has 82 valence electrons. The standard InChI is InChI=1S/C9H16ClNO2S/c1-14-3-2-8(6-12)11-5-7(10)4-9(11)13/h7-8,12H,2-6H2,1H3/t7?,8-/m0/s1. The van der Waals surface area contributed by atoms with E-state index < -0.39 is 0 Å². The van der Waals surface area contributed by atoms with Crippen molar-refractivity contribution in [2.24, 2.45) is 0 Å². The van der Waals surface area contributed by atoms with E-state index in [2.05, 4.69) is 0 Å². The van der Waals surface area contributed by atoms with Gasteiger partial charge in [-0.3, -0.25) is 4.79 Å². The lowest BCUT2D eigenvalue weighted by molar-refractivity contribution is -0.130. The highest BCUT2D eigenvalue weighted by molar-refractivity contribution is 7.98. The molecule has 0 aromatic rings. The first kappa shape index (κ1) is 12.1. The average Bonchev–Trinajstić information content (AvgIpc) is 2.47. The van der Waals surface area contributed by atoms with Gasteiger partial charge >= 0.3 is 0 Å². The first-order valence-electron chi connectivity index (χ1n) is 4.72. The number of amides is 1. The summed E-state index contributed by atoms with van der Waals surface area (Å²) in [7, 11) is 0. The number of aliphatic hydroxyl groups excluding tert-OH is 1. The molecule has 1 saturated heterocycles. The van der Waals surface area contributed by atoms with E-state index in [1.54, 1.807) is 16.7 Å². The highest BCUT2D eigenvalue weighted by Gasteiger charge is 2.32. The number of carbonyl (C=O) groups excluding carboxylic acids is 1. The number of rotatable bonds is 5. The SMILES string of the molecule is CSCC[C@@H](CO)N1CC(Cl)CC1=O. The zero-order valence-electron chi connectivity index (χ0n) is 8.28. The summed E-state index contributed by atoms with van der Waals surface area (Å²) in [5.74, 6) is 1.03. The topological polar surface area (TPSA) is 40.5 Å². The second kappa shape index (κ2) is 5.83. The molecule has 1 aliphatic rings. The van der Waals surface area contributed by atoms with E-state index in [-0.39, 0.29) is 23.9 Å². The van der Waals surface area contributed by atoms with Crippen LogP contribution in [0, 0.1) is 0 Å². The predicted molar refractivity (Wildman–Crippen MR) is 59.8 cm³/mol. The molecule has 0 aromatic heterocycles. The lowest BCUT2D eigenvalue weighted by Crippen LogP contribution is -2.39. The van der Waals surface area contributed by atoms with Crippen LogP contribution in [0.2, 0.25) is 0 Å². The quantitative estimate of drug-likeness (QED) is 0.724. The minimum absolute atomic E-state index is 0.0376. The number of likely N-dealkylation sites (tertiary alicyclic amines) is 1. The van der Waals surface area contributed by atoms with Crippen LogP contribution in [0.15, 0.2) is 0 Å². The molecule has 5 heteroatoms. The van der Waals surface area contributed by atoms with Crippen molar-refractivity contribution in [2.75, 3.05) is 25.2 Å². The Morgan fingerprint density at radius 3 is 2.93 bits per heavy atom. The van der Waals surface area contributed by atoms with Crippen LogP contribution in [0.1, 0.15) is 12.8 Å². The monoisotopic (exact) mass is 237 g/mol. The molecule has 0 aromatic carbocycles. The van der Waals surface area contributed by atoms with Gasteiger partial charge in [0.15, 0.2) is 0 Å². The smallest absolute Gasteiger partial charge is 0.224 e. The highest BCUT2D eigenvalue weighted by atomic mass is 35.5. The number of hydrogen-bond acceptors (Lipinski definition) is 3. The largest absolute Gasteiger partial charge is 0.394 e. The van der Waals surface area contributed by atoms with Crippen molar-refractivity contribution < 1.29 is 9.90 Å². The van der Waals surface area contributed by atoms with Crippen LogP contribution in [0.5, 0.6) is 0 Å².